The Kier molecular flexibility index (Phi) is 11.3. The van der Waals surface area contributed by atoms with Crippen molar-refractivity contribution in [2.45, 2.75) is 88.0 Å². The van der Waals surface area contributed by atoms with Crippen LogP contribution in [0.5, 0.6) is 11.5 Å². The third kappa shape index (κ3) is 7.71. The third-order valence-electron chi connectivity index (χ3n) is 10.7. The van der Waals surface area contributed by atoms with Crippen molar-refractivity contribution in [1.82, 2.24) is 20.4 Å². The molecule has 0 bridgehead atoms. The van der Waals surface area contributed by atoms with Crippen molar-refractivity contribution in [1.29, 1.82) is 0 Å². The van der Waals surface area contributed by atoms with Crippen molar-refractivity contribution < 1.29 is 43.6 Å². The predicted molar refractivity (Wildman–Crippen MR) is 186 cm³/mol. The standard InChI is InChI=1S/C35H51N7O9/c1-20-7-10-24(49-4)29-28(20)34-13-16-42(19-22-8-9-22)21(2)35(34,48)12-11-25(30(34)51-29)50-33(47)41(3)17-15-38-31(46)23(6-5-14-39-32(36)37)40-26(43)18-27(44)45/h7,10-11,21-23,30,48H,5-6,8-9,12-19H2,1-4H3,(H,38,46)(H,40,43)(H,44,45)(H4,36,37,39)/t21?,23-,30+,34+,35-/m1/s1. The first-order valence-corrected chi connectivity index (χ1v) is 17.5. The highest BCUT2D eigenvalue weighted by Gasteiger charge is 2.69. The first kappa shape index (κ1) is 37.7. The Balaban J connectivity index is 1.27. The van der Waals surface area contributed by atoms with Gasteiger partial charge in [-0.05, 0) is 76.1 Å². The number of aliphatic hydroxyl groups is 1. The van der Waals surface area contributed by atoms with Crippen molar-refractivity contribution >= 4 is 29.8 Å². The molecule has 0 radical (unpaired) electrons. The molecule has 1 unspecified atom stereocenters. The summed E-state index contributed by atoms with van der Waals surface area (Å²) in [5.41, 5.74) is 10.4. The minimum Gasteiger partial charge on any atom is -0.493 e. The summed E-state index contributed by atoms with van der Waals surface area (Å²) in [6.45, 7) is 6.05. The number of piperidine rings is 1. The molecule has 280 valence electrons. The second-order valence-electron chi connectivity index (χ2n) is 14.1. The lowest BCUT2D eigenvalue weighted by molar-refractivity contribution is -0.158. The molecule has 3 amide bonds. The fourth-order valence-corrected chi connectivity index (χ4v) is 7.84. The van der Waals surface area contributed by atoms with Crippen LogP contribution in [0.25, 0.3) is 0 Å². The lowest BCUT2D eigenvalue weighted by atomic mass is 9.54. The largest absolute Gasteiger partial charge is 0.493 e. The summed E-state index contributed by atoms with van der Waals surface area (Å²) in [7, 11) is 3.10. The van der Waals surface area contributed by atoms with Gasteiger partial charge in [0.25, 0.3) is 0 Å². The van der Waals surface area contributed by atoms with E-state index in [4.69, 9.17) is 30.8 Å². The number of guanidine groups is 1. The van der Waals surface area contributed by atoms with Crippen LogP contribution in [0.4, 0.5) is 4.79 Å². The molecule has 1 saturated carbocycles. The monoisotopic (exact) mass is 713 g/mol. The van der Waals surface area contributed by atoms with Crippen molar-refractivity contribution in [2.75, 3.05) is 46.9 Å². The number of amides is 3. The number of fused-ring (bicyclic) bond motifs is 1. The molecule has 51 heavy (non-hydrogen) atoms. The topological polar surface area (TPSA) is 231 Å². The molecule has 0 aromatic heterocycles. The molecule has 8 N–H and O–H groups in total. The lowest BCUT2D eigenvalue weighted by Crippen LogP contribution is -2.72. The molecule has 1 aromatic carbocycles. The second kappa shape index (κ2) is 15.4. The number of nitrogens with one attached hydrogen (secondary N) is 2. The summed E-state index contributed by atoms with van der Waals surface area (Å²) < 4.78 is 18.3. The molecule has 4 aliphatic rings. The minimum absolute atomic E-state index is 0.0163. The number of likely N-dealkylation sites (N-methyl/N-ethyl adjacent to an activating group) is 1. The maximum Gasteiger partial charge on any atom is 0.414 e. The van der Waals surface area contributed by atoms with Crippen LogP contribution in [0.15, 0.2) is 29.0 Å². The van der Waals surface area contributed by atoms with Crippen LogP contribution in [0.3, 0.4) is 0 Å². The highest BCUT2D eigenvalue weighted by Crippen LogP contribution is 2.63. The number of rotatable bonds is 15. The Bertz CT molecular complexity index is 1580. The Hall–Kier alpha value is -4.57. The average Bonchev–Trinajstić information content (AvgIpc) is 3.82. The highest BCUT2D eigenvalue weighted by atomic mass is 16.6. The molecule has 16 nitrogen and oxygen atoms in total. The van der Waals surface area contributed by atoms with Gasteiger partial charge >= 0.3 is 12.1 Å². The van der Waals surface area contributed by atoms with E-state index in [1.807, 2.05) is 19.1 Å². The molecule has 2 fully saturated rings. The van der Waals surface area contributed by atoms with E-state index in [0.717, 1.165) is 24.2 Å². The normalized spacial score (nSPS) is 25.5. The van der Waals surface area contributed by atoms with Gasteiger partial charge in [-0.15, -0.1) is 0 Å². The van der Waals surface area contributed by atoms with Crippen molar-refractivity contribution in [3.05, 3.63) is 35.1 Å². The number of benzene rings is 1. The zero-order chi connectivity index (χ0) is 37.1. The number of hydrogen-bond acceptors (Lipinski definition) is 10. The number of hydrogen-bond donors (Lipinski definition) is 6. The Morgan fingerprint density at radius 3 is 2.65 bits per heavy atom. The molecule has 1 aromatic rings. The number of nitrogens with zero attached hydrogens (tertiary/aromatic N) is 3. The fourth-order valence-electron chi connectivity index (χ4n) is 7.84. The van der Waals surface area contributed by atoms with E-state index < -0.39 is 53.5 Å². The van der Waals surface area contributed by atoms with Gasteiger partial charge in [-0.3, -0.25) is 24.3 Å². The fraction of sp³-hybridized carbons (Fsp3) is 0.629. The van der Waals surface area contributed by atoms with Crippen LogP contribution in [-0.4, -0.2) is 121 Å². The Morgan fingerprint density at radius 2 is 1.98 bits per heavy atom. The van der Waals surface area contributed by atoms with Gasteiger partial charge < -0.3 is 51.4 Å². The maximum atomic E-state index is 13.5. The summed E-state index contributed by atoms with van der Waals surface area (Å²) in [6.07, 6.45) is 3.27. The molecule has 5 rings (SSSR count). The summed E-state index contributed by atoms with van der Waals surface area (Å²) in [4.78, 5) is 57.1. The molecular weight excluding hydrogens is 662 g/mol. The van der Waals surface area contributed by atoms with E-state index in [9.17, 15) is 24.3 Å². The van der Waals surface area contributed by atoms with Crippen LogP contribution in [-0.2, 0) is 24.5 Å². The van der Waals surface area contributed by atoms with Crippen LogP contribution in [0.1, 0.15) is 63.0 Å². The number of ether oxygens (including phenoxy) is 3. The van der Waals surface area contributed by atoms with Gasteiger partial charge in [0.1, 0.15) is 18.2 Å². The second-order valence-corrected chi connectivity index (χ2v) is 14.1. The zero-order valence-corrected chi connectivity index (χ0v) is 29.8. The van der Waals surface area contributed by atoms with Crippen molar-refractivity contribution in [3.8, 4) is 11.5 Å². The van der Waals surface area contributed by atoms with Crippen LogP contribution in [0.2, 0.25) is 0 Å². The van der Waals surface area contributed by atoms with E-state index >= 15 is 0 Å². The van der Waals surface area contributed by atoms with E-state index in [0.29, 0.717) is 36.0 Å². The van der Waals surface area contributed by atoms with Gasteiger partial charge in [0.05, 0.1) is 18.1 Å². The van der Waals surface area contributed by atoms with Crippen LogP contribution in [0, 0.1) is 12.8 Å². The van der Waals surface area contributed by atoms with Gasteiger partial charge in [-0.2, -0.15) is 0 Å². The molecular formula is C35H51N7O9. The molecule has 1 spiro atoms. The molecule has 1 saturated heterocycles. The van der Waals surface area contributed by atoms with Crippen LogP contribution < -0.4 is 31.6 Å². The number of carboxylic acids is 1. The van der Waals surface area contributed by atoms with Crippen molar-refractivity contribution in [3.63, 3.8) is 0 Å². The maximum absolute atomic E-state index is 13.5. The lowest BCUT2D eigenvalue weighted by Gasteiger charge is -2.59. The summed E-state index contributed by atoms with van der Waals surface area (Å²) >= 11 is 0. The Labute approximate surface area is 297 Å². The third-order valence-corrected chi connectivity index (χ3v) is 10.7. The number of carbonyl (C=O) groups excluding carboxylic acids is 3. The van der Waals surface area contributed by atoms with Gasteiger partial charge in [-0.25, -0.2) is 4.79 Å². The van der Waals surface area contributed by atoms with E-state index in [1.54, 1.807) is 13.2 Å². The smallest absolute Gasteiger partial charge is 0.414 e. The van der Waals surface area contributed by atoms with Gasteiger partial charge in [-0.1, -0.05) is 6.07 Å². The molecule has 2 aliphatic carbocycles. The number of aliphatic imine (C=N–C) groups is 1. The number of aryl methyl sites for hydroxylation is 1. The summed E-state index contributed by atoms with van der Waals surface area (Å²) in [5, 5.41) is 26.8. The van der Waals surface area contributed by atoms with Gasteiger partial charge in [0.2, 0.25) is 11.8 Å². The predicted octanol–water partition coefficient (Wildman–Crippen LogP) is 0.723. The summed E-state index contributed by atoms with van der Waals surface area (Å²) in [5.74, 6) is -0.757. The minimum atomic E-state index is -1.33. The molecule has 5 atom stereocenters. The van der Waals surface area contributed by atoms with Crippen LogP contribution >= 0.6 is 0 Å². The zero-order valence-electron chi connectivity index (χ0n) is 29.8. The van der Waals surface area contributed by atoms with E-state index in [1.165, 1.54) is 24.8 Å². The number of carboxylic acid groups (broad SMARTS) is 1. The molecule has 2 heterocycles. The van der Waals surface area contributed by atoms with E-state index in [2.05, 4.69) is 27.4 Å². The van der Waals surface area contributed by atoms with Gasteiger partial charge in [0, 0.05) is 51.3 Å². The summed E-state index contributed by atoms with van der Waals surface area (Å²) in [6, 6.07) is 2.60. The van der Waals surface area contributed by atoms with Crippen molar-refractivity contribution in [2.24, 2.45) is 22.4 Å². The first-order valence-electron chi connectivity index (χ1n) is 17.5. The average molecular weight is 714 g/mol. The number of methoxy groups -OCH3 is 1. The quantitative estimate of drug-likeness (QED) is 0.0639. The number of nitrogens with two attached hydrogens (primary N) is 2. The highest BCUT2D eigenvalue weighted by molar-refractivity contribution is 5.96. The molecule has 2 aliphatic heterocycles. The first-order chi connectivity index (χ1) is 24.2. The number of aliphatic carboxylic acids is 1. The number of carbonyl (C=O) groups is 4. The van der Waals surface area contributed by atoms with Gasteiger partial charge in [0.15, 0.2) is 23.6 Å². The van der Waals surface area contributed by atoms with E-state index in [-0.39, 0.29) is 44.5 Å². The molecule has 16 heteroatoms. The Morgan fingerprint density at radius 1 is 1.24 bits per heavy atom. The SMILES string of the molecule is COc1ccc(C)c2c1O[C@H]1C(OC(=O)N(C)CCNC(=O)[C@@H](CCCN=C(N)N)NC(=O)CC(=O)O)=CC[C@@]3(O)C(C)N(CC4CC4)CC[C@]213. The number of likely N-dealkylation sites (tertiary alicyclic amines) is 1.